The van der Waals surface area contributed by atoms with Crippen LogP contribution in [0, 0.1) is 12.8 Å². The molecule has 0 bridgehead atoms. The fourth-order valence-electron chi connectivity index (χ4n) is 3.53. The Hall–Kier alpha value is -2.63. The van der Waals surface area contributed by atoms with E-state index in [4.69, 9.17) is 0 Å². The summed E-state index contributed by atoms with van der Waals surface area (Å²) in [5, 5.41) is 2.96. The Kier molecular flexibility index (Phi) is 6.49. The molecule has 1 amide bonds. The Balaban J connectivity index is 1.69. The van der Waals surface area contributed by atoms with Crippen LogP contribution in [0.5, 0.6) is 0 Å². The zero-order valence-electron chi connectivity index (χ0n) is 17.4. The molecule has 28 heavy (non-hydrogen) atoms. The van der Waals surface area contributed by atoms with Gasteiger partial charge in [0.25, 0.3) is 5.91 Å². The lowest BCUT2D eigenvalue weighted by atomic mass is 9.99. The summed E-state index contributed by atoms with van der Waals surface area (Å²) in [5.74, 6) is 1.20. The van der Waals surface area contributed by atoms with Crippen molar-refractivity contribution < 1.29 is 4.79 Å². The second-order valence-corrected chi connectivity index (χ2v) is 7.54. The highest BCUT2D eigenvalue weighted by Crippen LogP contribution is 2.24. The van der Waals surface area contributed by atoms with E-state index in [0.29, 0.717) is 11.6 Å². The molecular weight excluding hydrogens is 350 g/mol. The van der Waals surface area contributed by atoms with Crippen molar-refractivity contribution in [2.45, 2.75) is 40.5 Å². The fraction of sp³-hybridized carbons (Fsp3) is 0.500. The molecule has 1 N–H and O–H groups in total. The first-order chi connectivity index (χ1) is 13.5. The van der Waals surface area contributed by atoms with E-state index in [1.165, 1.54) is 18.5 Å². The normalized spacial score (nSPS) is 14.8. The van der Waals surface area contributed by atoms with Gasteiger partial charge >= 0.3 is 0 Å². The number of hydrogen-bond acceptors (Lipinski definition) is 5. The molecule has 1 aromatic carbocycles. The van der Waals surface area contributed by atoms with Gasteiger partial charge in [-0.3, -0.25) is 4.79 Å². The molecule has 0 aliphatic carbocycles. The van der Waals surface area contributed by atoms with Crippen molar-refractivity contribution in [2.75, 3.05) is 41.3 Å². The monoisotopic (exact) mass is 381 g/mol. The zero-order chi connectivity index (χ0) is 20.1. The number of anilines is 3. The first-order valence-electron chi connectivity index (χ1n) is 10.3. The van der Waals surface area contributed by atoms with Gasteiger partial charge < -0.3 is 15.1 Å². The molecule has 0 atom stereocenters. The van der Waals surface area contributed by atoms with Crippen LogP contribution < -0.4 is 15.1 Å². The van der Waals surface area contributed by atoms with Crippen molar-refractivity contribution >= 4 is 23.2 Å². The van der Waals surface area contributed by atoms with Gasteiger partial charge in [-0.1, -0.05) is 6.92 Å². The summed E-state index contributed by atoms with van der Waals surface area (Å²) in [4.78, 5) is 26.1. The number of carbonyl (C=O) groups excluding carboxylic acids is 1. The summed E-state index contributed by atoms with van der Waals surface area (Å²) in [6.45, 7) is 12.1. The van der Waals surface area contributed by atoms with Gasteiger partial charge in [0.2, 0.25) is 5.95 Å². The lowest BCUT2D eigenvalue weighted by molar-refractivity contribution is 0.102. The van der Waals surface area contributed by atoms with E-state index in [2.05, 4.69) is 53.1 Å². The Morgan fingerprint density at radius 2 is 1.79 bits per heavy atom. The molecule has 1 saturated heterocycles. The van der Waals surface area contributed by atoms with E-state index in [0.717, 1.165) is 43.5 Å². The smallest absolute Gasteiger partial charge is 0.274 e. The van der Waals surface area contributed by atoms with Gasteiger partial charge in [0.05, 0.1) is 0 Å². The highest BCUT2D eigenvalue weighted by Gasteiger charge is 2.17. The Bertz CT molecular complexity index is 793. The van der Waals surface area contributed by atoms with E-state index in [1.807, 2.05) is 24.0 Å². The number of benzene rings is 1. The van der Waals surface area contributed by atoms with Crippen molar-refractivity contribution in [1.82, 2.24) is 9.97 Å². The molecule has 6 heteroatoms. The molecule has 3 rings (SSSR count). The van der Waals surface area contributed by atoms with E-state index < -0.39 is 0 Å². The summed E-state index contributed by atoms with van der Waals surface area (Å²) < 4.78 is 0. The molecule has 2 heterocycles. The average molecular weight is 382 g/mol. The number of rotatable bonds is 6. The summed E-state index contributed by atoms with van der Waals surface area (Å²) in [7, 11) is 0. The van der Waals surface area contributed by atoms with Crippen molar-refractivity contribution in [3.8, 4) is 0 Å². The van der Waals surface area contributed by atoms with Crippen molar-refractivity contribution in [2.24, 2.45) is 5.92 Å². The van der Waals surface area contributed by atoms with Crippen LogP contribution in [0.4, 0.5) is 17.3 Å². The number of carbonyl (C=O) groups is 1. The number of nitrogens with one attached hydrogen (secondary N) is 1. The number of amides is 1. The minimum absolute atomic E-state index is 0.210. The van der Waals surface area contributed by atoms with Crippen molar-refractivity contribution in [1.29, 1.82) is 0 Å². The molecule has 0 saturated carbocycles. The van der Waals surface area contributed by atoms with E-state index in [-0.39, 0.29) is 5.91 Å². The number of aryl methyl sites for hydroxylation is 1. The number of hydrogen-bond donors (Lipinski definition) is 1. The predicted octanol–water partition coefficient (Wildman–Crippen LogP) is 4.12. The molecule has 1 fully saturated rings. The Morgan fingerprint density at radius 1 is 1.14 bits per heavy atom. The van der Waals surface area contributed by atoms with Gasteiger partial charge in [0.1, 0.15) is 5.69 Å². The Morgan fingerprint density at radius 3 is 2.39 bits per heavy atom. The van der Waals surface area contributed by atoms with Gasteiger partial charge in [-0.25, -0.2) is 9.97 Å². The van der Waals surface area contributed by atoms with Crippen molar-refractivity contribution in [3.63, 3.8) is 0 Å². The first kappa shape index (κ1) is 20.1. The maximum absolute atomic E-state index is 12.7. The van der Waals surface area contributed by atoms with Crippen molar-refractivity contribution in [3.05, 3.63) is 41.7 Å². The lowest BCUT2D eigenvalue weighted by Gasteiger charge is -2.32. The highest BCUT2D eigenvalue weighted by atomic mass is 16.1. The maximum atomic E-state index is 12.7. The van der Waals surface area contributed by atoms with E-state index in [9.17, 15) is 4.79 Å². The molecule has 1 aliphatic rings. The second kappa shape index (κ2) is 9.04. The number of aromatic nitrogens is 2. The number of nitrogens with zero attached hydrogens (tertiary/aromatic N) is 4. The molecule has 150 valence electrons. The summed E-state index contributed by atoms with van der Waals surface area (Å²) in [5.41, 5.74) is 3.17. The quantitative estimate of drug-likeness (QED) is 0.815. The molecule has 6 nitrogen and oxygen atoms in total. The minimum Gasteiger partial charge on any atom is -0.372 e. The SMILES string of the molecule is CCN(CC)c1nc(C)cc(C(=O)Nc2ccc(N3CCC(C)CC3)cc2)n1. The fourth-order valence-corrected chi connectivity index (χ4v) is 3.53. The van der Waals surface area contributed by atoms with Gasteiger partial charge in [-0.15, -0.1) is 0 Å². The average Bonchev–Trinajstić information content (AvgIpc) is 2.70. The third kappa shape index (κ3) is 4.80. The third-order valence-corrected chi connectivity index (χ3v) is 5.40. The molecule has 1 aliphatic heterocycles. The van der Waals surface area contributed by atoms with Gasteiger partial charge in [-0.2, -0.15) is 0 Å². The van der Waals surface area contributed by atoms with E-state index >= 15 is 0 Å². The molecule has 0 radical (unpaired) electrons. The lowest BCUT2D eigenvalue weighted by Crippen LogP contribution is -2.32. The summed E-state index contributed by atoms with van der Waals surface area (Å²) >= 11 is 0. The molecule has 0 unspecified atom stereocenters. The zero-order valence-corrected chi connectivity index (χ0v) is 17.4. The van der Waals surface area contributed by atoms with Crippen LogP contribution >= 0.6 is 0 Å². The first-order valence-corrected chi connectivity index (χ1v) is 10.3. The molecular formula is C22H31N5O. The largest absolute Gasteiger partial charge is 0.372 e. The topological polar surface area (TPSA) is 61.4 Å². The Labute approximate surface area is 168 Å². The van der Waals surface area contributed by atoms with Gasteiger partial charge in [-0.05, 0) is 69.9 Å². The minimum atomic E-state index is -0.210. The van der Waals surface area contributed by atoms with Gasteiger partial charge in [0, 0.05) is 43.2 Å². The molecule has 0 spiro atoms. The van der Waals surface area contributed by atoms with Crippen LogP contribution in [-0.2, 0) is 0 Å². The standard InChI is InChI=1S/C22H31N5O/c1-5-26(6-2)22-23-17(4)15-20(25-22)21(28)24-18-7-9-19(10-8-18)27-13-11-16(3)12-14-27/h7-10,15-16H,5-6,11-14H2,1-4H3,(H,24,28). The third-order valence-electron chi connectivity index (χ3n) is 5.40. The second-order valence-electron chi connectivity index (χ2n) is 7.54. The molecule has 2 aromatic rings. The summed E-state index contributed by atoms with van der Waals surface area (Å²) in [6, 6.07) is 9.82. The van der Waals surface area contributed by atoms with Crippen LogP contribution in [0.15, 0.2) is 30.3 Å². The summed E-state index contributed by atoms with van der Waals surface area (Å²) in [6.07, 6.45) is 2.47. The predicted molar refractivity (Wildman–Crippen MR) is 115 cm³/mol. The van der Waals surface area contributed by atoms with Crippen LogP contribution in [0.2, 0.25) is 0 Å². The van der Waals surface area contributed by atoms with E-state index in [1.54, 1.807) is 6.07 Å². The van der Waals surface area contributed by atoms with Crippen LogP contribution in [0.25, 0.3) is 0 Å². The molecule has 1 aromatic heterocycles. The van der Waals surface area contributed by atoms with Crippen LogP contribution in [0.1, 0.15) is 49.8 Å². The number of piperidine rings is 1. The highest BCUT2D eigenvalue weighted by molar-refractivity contribution is 6.03. The van der Waals surface area contributed by atoms with Crippen LogP contribution in [-0.4, -0.2) is 42.1 Å². The van der Waals surface area contributed by atoms with Crippen LogP contribution in [0.3, 0.4) is 0 Å². The maximum Gasteiger partial charge on any atom is 0.274 e. The van der Waals surface area contributed by atoms with Gasteiger partial charge in [0.15, 0.2) is 0 Å².